The lowest BCUT2D eigenvalue weighted by molar-refractivity contribution is 0.0940. The van der Waals surface area contributed by atoms with Crippen LogP contribution in [-0.4, -0.2) is 24.6 Å². The third-order valence-electron chi connectivity index (χ3n) is 6.69. The largest absolute Gasteiger partial charge is 0.341 e. The molecule has 1 N–H and O–H groups in total. The topological polar surface area (TPSA) is 46.0 Å². The van der Waals surface area contributed by atoms with Crippen LogP contribution in [0.1, 0.15) is 6.42 Å². The molecule has 4 nitrogen and oxygen atoms in total. The number of fused-ring (bicyclic) bond motifs is 5. The Kier molecular flexibility index (Phi) is 4.41. The zero-order valence-corrected chi connectivity index (χ0v) is 16.0. The summed E-state index contributed by atoms with van der Waals surface area (Å²) < 4.78 is 5.35. The van der Waals surface area contributed by atoms with E-state index < -0.39 is 6.35 Å². The fraction of sp³-hybridized carbons (Fsp3) is 0.455. The first-order chi connectivity index (χ1) is 13.2. The van der Waals surface area contributed by atoms with E-state index in [2.05, 4.69) is 71.1 Å². The SMILES string of the molecule is COC1N=C(Cl)NC(C2CC3C4C=CC=CC4C=CC3C3C=CC=CC23)=N1. The van der Waals surface area contributed by atoms with Crippen LogP contribution >= 0.6 is 11.6 Å². The Morgan fingerprint density at radius 3 is 2.44 bits per heavy atom. The number of amidine groups is 2. The summed E-state index contributed by atoms with van der Waals surface area (Å²) in [5.74, 6) is 4.31. The standard InChI is InChI=1S/C22H24ClN3O/c1-27-22-25-20(24-21(23)26-22)19-12-18-14-7-3-2-6-13(14)10-11-17(18)15-8-4-5-9-16(15)19/h2-11,13-19,22H,12H2,1H3,(H,24,25,26). The molecule has 27 heavy (non-hydrogen) atoms. The molecule has 1 saturated carbocycles. The number of methoxy groups -OCH3 is 1. The van der Waals surface area contributed by atoms with E-state index in [0.29, 0.717) is 40.8 Å². The van der Waals surface area contributed by atoms with Crippen molar-refractivity contribution in [3.63, 3.8) is 0 Å². The van der Waals surface area contributed by atoms with Gasteiger partial charge in [0.15, 0.2) is 0 Å². The highest BCUT2D eigenvalue weighted by atomic mass is 35.5. The van der Waals surface area contributed by atoms with Crippen LogP contribution in [0.15, 0.2) is 70.7 Å². The first-order valence-corrected chi connectivity index (χ1v) is 10.1. The summed E-state index contributed by atoms with van der Waals surface area (Å²) in [6, 6.07) is 0. The van der Waals surface area contributed by atoms with Crippen molar-refractivity contribution < 1.29 is 4.74 Å². The molecule has 0 aromatic carbocycles. The molecule has 1 aliphatic heterocycles. The molecule has 4 aliphatic carbocycles. The third kappa shape index (κ3) is 2.95. The number of hydrogen-bond acceptors (Lipinski definition) is 4. The van der Waals surface area contributed by atoms with Crippen molar-refractivity contribution in [1.29, 1.82) is 0 Å². The number of rotatable bonds is 2. The van der Waals surface area contributed by atoms with Gasteiger partial charge in [-0.05, 0) is 47.6 Å². The van der Waals surface area contributed by atoms with Gasteiger partial charge < -0.3 is 10.1 Å². The summed E-state index contributed by atoms with van der Waals surface area (Å²) in [5, 5.41) is 3.59. The number of aliphatic imine (C=N–C) groups is 2. The lowest BCUT2D eigenvalue weighted by atomic mass is 9.54. The Hall–Kier alpha value is -1.91. The quantitative estimate of drug-likeness (QED) is 0.579. The molecule has 5 aliphatic rings. The van der Waals surface area contributed by atoms with Gasteiger partial charge in [0.2, 0.25) is 11.6 Å². The van der Waals surface area contributed by atoms with Gasteiger partial charge in [0.05, 0.1) is 0 Å². The molecule has 1 heterocycles. The van der Waals surface area contributed by atoms with Crippen LogP contribution in [0.5, 0.6) is 0 Å². The normalized spacial score (nSPS) is 43.9. The first-order valence-electron chi connectivity index (χ1n) is 9.74. The van der Waals surface area contributed by atoms with Gasteiger partial charge >= 0.3 is 0 Å². The number of halogens is 1. The molecule has 0 saturated heterocycles. The Labute approximate surface area is 165 Å². The zero-order chi connectivity index (χ0) is 18.4. The minimum atomic E-state index is -0.551. The van der Waals surface area contributed by atoms with Gasteiger partial charge in [-0.15, -0.1) is 0 Å². The first kappa shape index (κ1) is 17.2. The van der Waals surface area contributed by atoms with Crippen molar-refractivity contribution in [1.82, 2.24) is 5.32 Å². The summed E-state index contributed by atoms with van der Waals surface area (Å²) in [7, 11) is 1.61. The van der Waals surface area contributed by atoms with Gasteiger partial charge in [-0.1, -0.05) is 60.8 Å². The van der Waals surface area contributed by atoms with E-state index in [0.717, 1.165) is 12.3 Å². The van der Waals surface area contributed by atoms with E-state index in [4.69, 9.17) is 21.3 Å². The van der Waals surface area contributed by atoms with Crippen LogP contribution in [0.4, 0.5) is 0 Å². The minimum Gasteiger partial charge on any atom is -0.341 e. The van der Waals surface area contributed by atoms with Crippen LogP contribution in [0.2, 0.25) is 0 Å². The van der Waals surface area contributed by atoms with Crippen LogP contribution in [0.3, 0.4) is 0 Å². The predicted molar refractivity (Wildman–Crippen MR) is 109 cm³/mol. The molecule has 0 aromatic rings. The van der Waals surface area contributed by atoms with E-state index >= 15 is 0 Å². The second-order valence-electron chi connectivity index (χ2n) is 7.94. The Bertz CT molecular complexity index is 821. The summed E-state index contributed by atoms with van der Waals surface area (Å²) in [4.78, 5) is 8.91. The molecule has 5 heteroatoms. The number of allylic oxidation sites excluding steroid dienone is 10. The number of hydrogen-bond donors (Lipinski definition) is 1. The van der Waals surface area contributed by atoms with Gasteiger partial charge in [-0.25, -0.2) is 9.98 Å². The van der Waals surface area contributed by atoms with Crippen molar-refractivity contribution in [3.8, 4) is 0 Å². The van der Waals surface area contributed by atoms with Crippen molar-refractivity contribution >= 4 is 22.7 Å². The van der Waals surface area contributed by atoms with E-state index in [1.54, 1.807) is 7.11 Å². The molecule has 0 bridgehead atoms. The van der Waals surface area contributed by atoms with Crippen molar-refractivity contribution in [3.05, 3.63) is 60.8 Å². The summed E-state index contributed by atoms with van der Waals surface area (Å²) in [6.45, 7) is 0. The second-order valence-corrected chi connectivity index (χ2v) is 8.30. The maximum atomic E-state index is 6.24. The Morgan fingerprint density at radius 2 is 1.63 bits per heavy atom. The third-order valence-corrected chi connectivity index (χ3v) is 6.88. The fourth-order valence-corrected chi connectivity index (χ4v) is 5.71. The average Bonchev–Trinajstić information content (AvgIpc) is 2.72. The van der Waals surface area contributed by atoms with Crippen molar-refractivity contribution in [2.75, 3.05) is 7.11 Å². The summed E-state index contributed by atoms with van der Waals surface area (Å²) in [5.41, 5.74) is 0. The molecule has 8 atom stereocenters. The highest BCUT2D eigenvalue weighted by Gasteiger charge is 2.48. The van der Waals surface area contributed by atoms with Gasteiger partial charge in [0.25, 0.3) is 0 Å². The Balaban J connectivity index is 1.52. The highest BCUT2D eigenvalue weighted by Crippen LogP contribution is 2.53. The lowest BCUT2D eigenvalue weighted by Gasteiger charge is -2.51. The van der Waals surface area contributed by atoms with Crippen LogP contribution in [0.25, 0.3) is 0 Å². The average molecular weight is 382 g/mol. The maximum absolute atomic E-state index is 6.24. The van der Waals surface area contributed by atoms with E-state index in [1.165, 1.54) is 0 Å². The van der Waals surface area contributed by atoms with Gasteiger partial charge in [-0.2, -0.15) is 0 Å². The molecular weight excluding hydrogens is 358 g/mol. The smallest absolute Gasteiger partial charge is 0.249 e. The van der Waals surface area contributed by atoms with Crippen LogP contribution in [0, 0.1) is 41.4 Å². The van der Waals surface area contributed by atoms with Gasteiger partial charge in [0, 0.05) is 18.9 Å². The van der Waals surface area contributed by atoms with E-state index in [-0.39, 0.29) is 5.92 Å². The molecule has 5 rings (SSSR count). The van der Waals surface area contributed by atoms with Gasteiger partial charge in [-0.3, -0.25) is 0 Å². The van der Waals surface area contributed by atoms with E-state index in [1.807, 2.05) is 0 Å². The summed E-state index contributed by atoms with van der Waals surface area (Å²) >= 11 is 6.24. The lowest BCUT2D eigenvalue weighted by Crippen LogP contribution is -2.50. The molecular formula is C22H24ClN3O. The van der Waals surface area contributed by atoms with Crippen molar-refractivity contribution in [2.24, 2.45) is 51.4 Å². The predicted octanol–water partition coefficient (Wildman–Crippen LogP) is 4.05. The molecule has 0 spiro atoms. The second kappa shape index (κ2) is 6.92. The minimum absolute atomic E-state index is 0.283. The molecule has 0 radical (unpaired) electrons. The van der Waals surface area contributed by atoms with Crippen LogP contribution < -0.4 is 5.32 Å². The molecule has 8 unspecified atom stereocenters. The zero-order valence-electron chi connectivity index (χ0n) is 15.3. The molecule has 0 aromatic heterocycles. The van der Waals surface area contributed by atoms with Crippen molar-refractivity contribution in [2.45, 2.75) is 12.8 Å². The molecule has 140 valence electrons. The van der Waals surface area contributed by atoms with Gasteiger partial charge in [0.1, 0.15) is 5.84 Å². The van der Waals surface area contributed by atoms with Crippen LogP contribution in [-0.2, 0) is 4.74 Å². The summed E-state index contributed by atoms with van der Waals surface area (Å²) in [6.07, 6.45) is 23.6. The Morgan fingerprint density at radius 1 is 0.889 bits per heavy atom. The number of ether oxygens (including phenoxy) is 1. The molecule has 1 fully saturated rings. The number of nitrogens with zero attached hydrogens (tertiary/aromatic N) is 2. The molecule has 0 amide bonds. The van der Waals surface area contributed by atoms with E-state index in [9.17, 15) is 0 Å². The highest BCUT2D eigenvalue weighted by molar-refractivity contribution is 6.66. The maximum Gasteiger partial charge on any atom is 0.249 e. The number of nitrogens with one attached hydrogen (secondary N) is 1. The monoisotopic (exact) mass is 381 g/mol. The fourth-order valence-electron chi connectivity index (χ4n) is 5.53.